The average Bonchev–Trinajstić information content (AvgIpc) is 2.97. The minimum Gasteiger partial charge on any atom is -0.444 e. The fourth-order valence-electron chi connectivity index (χ4n) is 3.53. The van der Waals surface area contributed by atoms with Gasteiger partial charge in [0, 0.05) is 32.4 Å². The minimum absolute atomic E-state index is 0.141. The van der Waals surface area contributed by atoms with Gasteiger partial charge in [-0.15, -0.1) is 0 Å². The van der Waals surface area contributed by atoms with Crippen molar-refractivity contribution >= 4 is 11.8 Å². The minimum atomic E-state index is -0.467. The number of rotatable bonds is 1. The van der Waals surface area contributed by atoms with Crippen molar-refractivity contribution in [2.24, 2.45) is 5.16 Å². The molecule has 1 aromatic rings. The molecule has 0 unspecified atom stereocenters. The molecular weight excluding hydrogens is 340 g/mol. The smallest absolute Gasteiger partial charge is 0.410 e. The van der Waals surface area contributed by atoms with Gasteiger partial charge in [-0.1, -0.05) is 50.2 Å². The molecular formula is C22H32N2O3. The van der Waals surface area contributed by atoms with E-state index in [0.717, 1.165) is 30.5 Å². The summed E-state index contributed by atoms with van der Waals surface area (Å²) in [4.78, 5) is 19.9. The maximum atomic E-state index is 12.2. The zero-order chi connectivity index (χ0) is 19.9. The van der Waals surface area contributed by atoms with Gasteiger partial charge in [0.05, 0.1) is 5.71 Å². The van der Waals surface area contributed by atoms with Gasteiger partial charge < -0.3 is 14.5 Å². The van der Waals surface area contributed by atoms with Crippen molar-refractivity contribution in [3.8, 4) is 0 Å². The van der Waals surface area contributed by atoms with Crippen molar-refractivity contribution in [3.05, 3.63) is 35.4 Å². The Kier molecular flexibility index (Phi) is 5.00. The number of hydrogen-bond acceptors (Lipinski definition) is 4. The lowest BCUT2D eigenvalue weighted by Gasteiger charge is -2.37. The summed E-state index contributed by atoms with van der Waals surface area (Å²) in [7, 11) is 0. The van der Waals surface area contributed by atoms with E-state index in [9.17, 15) is 4.79 Å². The molecule has 5 nitrogen and oxygen atoms in total. The quantitative estimate of drug-likeness (QED) is 0.706. The van der Waals surface area contributed by atoms with Crippen LogP contribution in [-0.4, -0.2) is 41.0 Å². The van der Waals surface area contributed by atoms with Crippen molar-refractivity contribution in [2.45, 2.75) is 77.4 Å². The highest BCUT2D eigenvalue weighted by atomic mass is 16.7. The molecule has 0 aromatic heterocycles. The summed E-state index contributed by atoms with van der Waals surface area (Å²) >= 11 is 0. The van der Waals surface area contributed by atoms with Gasteiger partial charge in [-0.2, -0.15) is 0 Å². The number of nitrogens with zero attached hydrogens (tertiary/aromatic N) is 2. The third kappa shape index (κ3) is 4.63. The van der Waals surface area contributed by atoms with Crippen LogP contribution >= 0.6 is 0 Å². The second-order valence-corrected chi connectivity index (χ2v) is 9.78. The Hall–Kier alpha value is -2.04. The molecule has 27 heavy (non-hydrogen) atoms. The van der Waals surface area contributed by atoms with Crippen molar-refractivity contribution in [1.82, 2.24) is 4.90 Å². The first kappa shape index (κ1) is 19.7. The average molecular weight is 373 g/mol. The number of ether oxygens (including phenoxy) is 1. The third-order valence-electron chi connectivity index (χ3n) is 5.25. The highest BCUT2D eigenvalue weighted by Crippen LogP contribution is 2.36. The molecule has 0 N–H and O–H groups in total. The van der Waals surface area contributed by atoms with E-state index >= 15 is 0 Å². The van der Waals surface area contributed by atoms with Gasteiger partial charge in [-0.25, -0.2) is 4.79 Å². The first-order valence-electron chi connectivity index (χ1n) is 9.81. The second-order valence-electron chi connectivity index (χ2n) is 9.78. The van der Waals surface area contributed by atoms with E-state index < -0.39 is 5.60 Å². The highest BCUT2D eigenvalue weighted by Gasteiger charge is 2.43. The number of carbonyl (C=O) groups excluding carboxylic acids is 1. The molecule has 1 saturated heterocycles. The Labute approximate surface area is 162 Å². The van der Waals surface area contributed by atoms with Crippen LogP contribution in [0.4, 0.5) is 4.79 Å². The maximum Gasteiger partial charge on any atom is 0.410 e. The zero-order valence-corrected chi connectivity index (χ0v) is 17.5. The van der Waals surface area contributed by atoms with Crippen LogP contribution in [0.1, 0.15) is 71.9 Å². The molecule has 1 amide bonds. The Balaban J connectivity index is 1.59. The van der Waals surface area contributed by atoms with E-state index in [1.165, 1.54) is 5.56 Å². The lowest BCUT2D eigenvalue weighted by Crippen LogP contribution is -2.48. The van der Waals surface area contributed by atoms with Crippen LogP contribution in [0.5, 0.6) is 0 Å². The fourth-order valence-corrected chi connectivity index (χ4v) is 3.53. The molecule has 2 aliphatic rings. The Bertz CT molecular complexity index is 715. The summed E-state index contributed by atoms with van der Waals surface area (Å²) in [6.45, 7) is 13.6. The van der Waals surface area contributed by atoms with Gasteiger partial charge in [0.25, 0.3) is 0 Å². The van der Waals surface area contributed by atoms with Gasteiger partial charge in [-0.05, 0) is 37.3 Å². The molecule has 2 heterocycles. The van der Waals surface area contributed by atoms with Gasteiger partial charge >= 0.3 is 6.09 Å². The molecule has 0 saturated carbocycles. The van der Waals surface area contributed by atoms with Crippen LogP contribution in [0.2, 0.25) is 0 Å². The van der Waals surface area contributed by atoms with Crippen LogP contribution in [0.3, 0.4) is 0 Å². The van der Waals surface area contributed by atoms with Crippen molar-refractivity contribution in [2.75, 3.05) is 13.1 Å². The van der Waals surface area contributed by atoms with Gasteiger partial charge in [0.1, 0.15) is 11.2 Å². The summed E-state index contributed by atoms with van der Waals surface area (Å²) in [5.74, 6) is 0. The molecule has 1 aromatic carbocycles. The molecule has 0 bridgehead atoms. The molecule has 0 atom stereocenters. The predicted octanol–water partition coefficient (Wildman–Crippen LogP) is 4.88. The number of oxime groups is 1. The summed E-state index contributed by atoms with van der Waals surface area (Å²) in [5.41, 5.74) is 2.83. The van der Waals surface area contributed by atoms with Crippen LogP contribution in [0, 0.1) is 0 Å². The summed E-state index contributed by atoms with van der Waals surface area (Å²) in [5, 5.41) is 4.39. The monoisotopic (exact) mass is 372 g/mol. The highest BCUT2D eigenvalue weighted by molar-refractivity contribution is 6.01. The van der Waals surface area contributed by atoms with E-state index in [1.807, 2.05) is 20.8 Å². The normalized spacial score (nSPS) is 19.6. The molecule has 3 rings (SSSR count). The molecule has 1 fully saturated rings. The number of hydrogen-bond donors (Lipinski definition) is 0. The molecule has 1 spiro atoms. The second kappa shape index (κ2) is 6.84. The Morgan fingerprint density at radius 3 is 2.19 bits per heavy atom. The van der Waals surface area contributed by atoms with E-state index in [-0.39, 0.29) is 17.1 Å². The van der Waals surface area contributed by atoms with Crippen LogP contribution in [-0.2, 0) is 15.0 Å². The standard InChI is InChI=1S/C22H32N2O3/c1-20(2,3)17-9-7-16(8-10-17)18-15-22(27-23-18)11-13-24(14-12-22)19(25)26-21(4,5)6/h7-10H,11-15H2,1-6H3. The third-order valence-corrected chi connectivity index (χ3v) is 5.25. The van der Waals surface area contributed by atoms with E-state index in [2.05, 4.69) is 50.2 Å². The van der Waals surface area contributed by atoms with Crippen molar-refractivity contribution < 1.29 is 14.4 Å². The lowest BCUT2D eigenvalue weighted by atomic mass is 9.84. The molecule has 5 heteroatoms. The summed E-state index contributed by atoms with van der Waals surface area (Å²) in [6.07, 6.45) is 2.11. The number of amides is 1. The van der Waals surface area contributed by atoms with Crippen molar-refractivity contribution in [3.63, 3.8) is 0 Å². The number of benzene rings is 1. The number of likely N-dealkylation sites (tertiary alicyclic amines) is 1. The fraction of sp³-hybridized carbons (Fsp3) is 0.636. The number of piperidine rings is 1. The first-order valence-corrected chi connectivity index (χ1v) is 9.81. The van der Waals surface area contributed by atoms with Gasteiger partial charge in [0.15, 0.2) is 0 Å². The van der Waals surface area contributed by atoms with Crippen LogP contribution in [0.25, 0.3) is 0 Å². The zero-order valence-electron chi connectivity index (χ0n) is 17.5. The van der Waals surface area contributed by atoms with Gasteiger partial charge in [-0.3, -0.25) is 0 Å². The van der Waals surface area contributed by atoms with Crippen molar-refractivity contribution in [1.29, 1.82) is 0 Å². The van der Waals surface area contributed by atoms with Crippen LogP contribution < -0.4 is 0 Å². The molecule has 148 valence electrons. The largest absolute Gasteiger partial charge is 0.444 e. The first-order chi connectivity index (χ1) is 12.5. The van der Waals surface area contributed by atoms with Crippen LogP contribution in [0.15, 0.2) is 29.4 Å². The van der Waals surface area contributed by atoms with E-state index in [1.54, 1.807) is 4.90 Å². The Morgan fingerprint density at radius 1 is 1.07 bits per heavy atom. The molecule has 2 aliphatic heterocycles. The maximum absolute atomic E-state index is 12.2. The number of carbonyl (C=O) groups is 1. The van der Waals surface area contributed by atoms with E-state index in [4.69, 9.17) is 9.57 Å². The summed E-state index contributed by atoms with van der Waals surface area (Å²) < 4.78 is 5.47. The summed E-state index contributed by atoms with van der Waals surface area (Å²) in [6, 6.07) is 8.62. The molecule has 0 radical (unpaired) electrons. The predicted molar refractivity (Wildman–Crippen MR) is 107 cm³/mol. The SMILES string of the molecule is CC(C)(C)OC(=O)N1CCC2(CC1)CC(c1ccc(C(C)(C)C)cc1)=NO2. The molecule has 0 aliphatic carbocycles. The topological polar surface area (TPSA) is 51.1 Å². The van der Waals surface area contributed by atoms with E-state index in [0.29, 0.717) is 13.1 Å². The lowest BCUT2D eigenvalue weighted by molar-refractivity contribution is -0.0639. The Morgan fingerprint density at radius 2 is 1.67 bits per heavy atom. The van der Waals surface area contributed by atoms with Gasteiger partial charge in [0.2, 0.25) is 0 Å².